The lowest BCUT2D eigenvalue weighted by Gasteiger charge is -2.15. The van der Waals surface area contributed by atoms with E-state index in [1.54, 1.807) is 6.20 Å². The number of anilines is 3. The predicted octanol–water partition coefficient (Wildman–Crippen LogP) is 5.99. The maximum atomic E-state index is 12.4. The second-order valence-corrected chi connectivity index (χ2v) is 9.72. The van der Waals surface area contributed by atoms with E-state index in [0.717, 1.165) is 50.9 Å². The van der Waals surface area contributed by atoms with Crippen molar-refractivity contribution < 1.29 is 14.7 Å². The predicted molar refractivity (Wildman–Crippen MR) is 148 cm³/mol. The number of hydrogen-bond donors (Lipinski definition) is 4. The standard InChI is InChI=1S/C28H25N5O3S/c1-17-4-2-5-21(14-17)32-27(34)31-20-10-7-18(8-11-20)23-16-37-25-19(15-30-26(29)24(23)25)9-12-22-6-3-13-33(22)28(35)36/h2,4-5,7-8,10-11,14-16,22H,3,6,13H2,1H3,(H2,29,30)(H,35,36)(H2,31,32,34)/t22-/m0/s1. The number of thiophene rings is 1. The number of likely N-dealkylation sites (tertiary alicyclic amines) is 1. The van der Waals surface area contributed by atoms with Gasteiger partial charge in [-0.05, 0) is 60.5 Å². The highest BCUT2D eigenvalue weighted by atomic mass is 32.1. The zero-order chi connectivity index (χ0) is 25.9. The second kappa shape index (κ2) is 10.2. The van der Waals surface area contributed by atoms with E-state index in [1.165, 1.54) is 16.2 Å². The van der Waals surface area contributed by atoms with Crippen molar-refractivity contribution in [1.29, 1.82) is 0 Å². The van der Waals surface area contributed by atoms with Crippen LogP contribution in [0.3, 0.4) is 0 Å². The molecule has 37 heavy (non-hydrogen) atoms. The molecule has 0 bridgehead atoms. The third-order valence-corrected chi connectivity index (χ3v) is 7.24. The van der Waals surface area contributed by atoms with Gasteiger partial charge in [-0.25, -0.2) is 14.6 Å². The molecule has 2 aromatic heterocycles. The van der Waals surface area contributed by atoms with Crippen LogP contribution in [0.2, 0.25) is 0 Å². The number of nitrogens with one attached hydrogen (secondary N) is 2. The molecule has 1 aliphatic heterocycles. The Morgan fingerprint density at radius 3 is 2.70 bits per heavy atom. The molecule has 1 atom stereocenters. The van der Waals surface area contributed by atoms with Crippen molar-refractivity contribution in [3.8, 4) is 23.0 Å². The molecule has 8 nitrogen and oxygen atoms in total. The lowest BCUT2D eigenvalue weighted by Crippen LogP contribution is -2.33. The Kier molecular flexibility index (Phi) is 6.66. The maximum absolute atomic E-state index is 12.4. The van der Waals surface area contributed by atoms with Crippen LogP contribution in [-0.2, 0) is 0 Å². The fourth-order valence-corrected chi connectivity index (χ4v) is 5.48. The van der Waals surface area contributed by atoms with Crippen LogP contribution < -0.4 is 16.4 Å². The molecule has 0 saturated carbocycles. The summed E-state index contributed by atoms with van der Waals surface area (Å²) in [4.78, 5) is 29.5. The van der Waals surface area contributed by atoms with Gasteiger partial charge in [-0.3, -0.25) is 4.90 Å². The maximum Gasteiger partial charge on any atom is 0.408 e. The van der Waals surface area contributed by atoms with E-state index in [9.17, 15) is 14.7 Å². The second-order valence-electron chi connectivity index (χ2n) is 8.84. The number of urea groups is 1. The van der Waals surface area contributed by atoms with Crippen LogP contribution in [-0.4, -0.2) is 39.7 Å². The summed E-state index contributed by atoms with van der Waals surface area (Å²) in [6.07, 6.45) is 2.23. The van der Waals surface area contributed by atoms with Crippen LogP contribution in [0.15, 0.2) is 60.1 Å². The minimum Gasteiger partial charge on any atom is -0.465 e. The fourth-order valence-electron chi connectivity index (χ4n) is 4.43. The molecule has 2 aromatic carbocycles. The molecule has 3 amide bonds. The van der Waals surface area contributed by atoms with Crippen molar-refractivity contribution in [2.75, 3.05) is 22.9 Å². The Labute approximate surface area is 218 Å². The lowest BCUT2D eigenvalue weighted by atomic mass is 10.0. The Bertz CT molecular complexity index is 1550. The zero-order valence-corrected chi connectivity index (χ0v) is 20.9. The summed E-state index contributed by atoms with van der Waals surface area (Å²) < 4.78 is 0.912. The van der Waals surface area contributed by atoms with Crippen LogP contribution in [0.5, 0.6) is 0 Å². The van der Waals surface area contributed by atoms with E-state index in [2.05, 4.69) is 27.5 Å². The van der Waals surface area contributed by atoms with Gasteiger partial charge < -0.3 is 21.5 Å². The van der Waals surface area contributed by atoms with E-state index >= 15 is 0 Å². The number of nitrogens with zero attached hydrogens (tertiary/aromatic N) is 2. The molecule has 0 radical (unpaired) electrons. The van der Waals surface area contributed by atoms with Crippen LogP contribution in [0.25, 0.3) is 21.2 Å². The van der Waals surface area contributed by atoms with Crippen molar-refractivity contribution in [3.63, 3.8) is 0 Å². The number of rotatable bonds is 3. The summed E-state index contributed by atoms with van der Waals surface area (Å²) in [5.41, 5.74) is 11.3. The number of nitrogens with two attached hydrogens (primary N) is 1. The number of amides is 3. The van der Waals surface area contributed by atoms with Gasteiger partial charge in [0.25, 0.3) is 0 Å². The number of aromatic nitrogens is 1. The number of carboxylic acid groups (broad SMARTS) is 1. The third kappa shape index (κ3) is 5.20. The number of carbonyl (C=O) groups excluding carboxylic acids is 1. The summed E-state index contributed by atoms with van der Waals surface area (Å²) >= 11 is 1.52. The van der Waals surface area contributed by atoms with Gasteiger partial charge in [0.05, 0.1) is 16.3 Å². The lowest BCUT2D eigenvalue weighted by molar-refractivity contribution is 0.148. The van der Waals surface area contributed by atoms with Gasteiger partial charge in [0.2, 0.25) is 0 Å². The summed E-state index contributed by atoms with van der Waals surface area (Å²) in [7, 11) is 0. The highest BCUT2D eigenvalue weighted by molar-refractivity contribution is 7.18. The van der Waals surface area contributed by atoms with Crippen molar-refractivity contribution >= 4 is 50.7 Å². The van der Waals surface area contributed by atoms with Gasteiger partial charge in [0, 0.05) is 35.1 Å². The number of hydrogen-bond acceptors (Lipinski definition) is 5. The van der Waals surface area contributed by atoms with Crippen molar-refractivity contribution in [2.24, 2.45) is 0 Å². The molecular weight excluding hydrogens is 486 g/mol. The number of pyridine rings is 1. The van der Waals surface area contributed by atoms with Gasteiger partial charge in [0.1, 0.15) is 5.82 Å². The third-order valence-electron chi connectivity index (χ3n) is 6.23. The Morgan fingerprint density at radius 2 is 1.95 bits per heavy atom. The molecule has 1 aliphatic rings. The average Bonchev–Trinajstić information content (AvgIpc) is 3.52. The van der Waals surface area contributed by atoms with Gasteiger partial charge in [-0.1, -0.05) is 36.1 Å². The average molecular weight is 512 g/mol. The first-order valence-corrected chi connectivity index (χ1v) is 12.7. The number of aryl methyl sites for hydroxylation is 1. The number of fused-ring (bicyclic) bond motifs is 1. The minimum absolute atomic E-state index is 0.312. The molecule has 1 fully saturated rings. The Morgan fingerprint density at radius 1 is 1.16 bits per heavy atom. The number of nitrogen functional groups attached to an aromatic ring is 1. The first-order valence-electron chi connectivity index (χ1n) is 11.8. The molecule has 0 unspecified atom stereocenters. The molecule has 9 heteroatoms. The fraction of sp³-hybridized carbons (Fsp3) is 0.179. The molecule has 1 saturated heterocycles. The first kappa shape index (κ1) is 24.2. The summed E-state index contributed by atoms with van der Waals surface area (Å²) in [6, 6.07) is 14.5. The molecule has 4 aromatic rings. The molecule has 3 heterocycles. The van der Waals surface area contributed by atoms with Crippen molar-refractivity contribution in [3.05, 3.63) is 71.2 Å². The van der Waals surface area contributed by atoms with Crippen LogP contribution in [0.4, 0.5) is 26.8 Å². The largest absolute Gasteiger partial charge is 0.465 e. The Hall–Kier alpha value is -4.55. The van der Waals surface area contributed by atoms with E-state index < -0.39 is 6.09 Å². The minimum atomic E-state index is -0.943. The van der Waals surface area contributed by atoms with Gasteiger partial charge in [-0.15, -0.1) is 11.3 Å². The van der Waals surface area contributed by atoms with Crippen LogP contribution in [0.1, 0.15) is 24.0 Å². The molecule has 5 rings (SSSR count). The summed E-state index contributed by atoms with van der Waals surface area (Å²) in [5.74, 6) is 6.66. The molecular formula is C28H25N5O3S. The van der Waals surface area contributed by atoms with E-state index in [4.69, 9.17) is 5.73 Å². The topological polar surface area (TPSA) is 121 Å². The number of carbonyl (C=O) groups is 2. The highest BCUT2D eigenvalue weighted by Gasteiger charge is 2.26. The number of benzene rings is 2. The van der Waals surface area contributed by atoms with Gasteiger partial charge in [0.15, 0.2) is 0 Å². The monoisotopic (exact) mass is 511 g/mol. The van der Waals surface area contributed by atoms with E-state index in [0.29, 0.717) is 18.1 Å². The summed E-state index contributed by atoms with van der Waals surface area (Å²) in [5, 5.41) is 17.9. The van der Waals surface area contributed by atoms with Crippen LogP contribution in [0, 0.1) is 18.8 Å². The van der Waals surface area contributed by atoms with Gasteiger partial charge in [-0.2, -0.15) is 0 Å². The quantitative estimate of drug-likeness (QED) is 0.252. The zero-order valence-electron chi connectivity index (χ0n) is 20.1. The summed E-state index contributed by atoms with van der Waals surface area (Å²) in [6.45, 7) is 2.47. The molecule has 0 aliphatic carbocycles. The van der Waals surface area contributed by atoms with Crippen molar-refractivity contribution in [2.45, 2.75) is 25.8 Å². The van der Waals surface area contributed by atoms with Crippen LogP contribution >= 0.6 is 11.3 Å². The normalized spacial score (nSPS) is 14.7. The van der Waals surface area contributed by atoms with E-state index in [1.807, 2.05) is 60.8 Å². The van der Waals surface area contributed by atoms with Crippen molar-refractivity contribution in [1.82, 2.24) is 9.88 Å². The molecule has 186 valence electrons. The molecule has 0 spiro atoms. The highest BCUT2D eigenvalue weighted by Crippen LogP contribution is 2.38. The smallest absolute Gasteiger partial charge is 0.408 e. The first-order chi connectivity index (χ1) is 17.9. The Balaban J connectivity index is 1.36. The van der Waals surface area contributed by atoms with E-state index in [-0.39, 0.29) is 12.1 Å². The SMILES string of the molecule is Cc1cccc(NC(=O)Nc2ccc(-c3csc4c(C#C[C@@H]5CCCN5C(=O)O)cnc(N)c34)cc2)c1. The van der Waals surface area contributed by atoms with Gasteiger partial charge >= 0.3 is 12.1 Å². The molecule has 5 N–H and O–H groups in total.